The SMILES string of the molecule is COc1ccc(F)c(C(=O)NC2CCC(n3nnc(-c4ccccc4)n3)CC2)c1. The Morgan fingerprint density at radius 3 is 2.62 bits per heavy atom. The highest BCUT2D eigenvalue weighted by Gasteiger charge is 2.26. The normalized spacial score (nSPS) is 19.0. The first-order chi connectivity index (χ1) is 14.1. The summed E-state index contributed by atoms with van der Waals surface area (Å²) in [6, 6.07) is 14.0. The van der Waals surface area contributed by atoms with Crippen molar-refractivity contribution in [2.45, 2.75) is 37.8 Å². The molecule has 0 spiro atoms. The molecule has 0 atom stereocenters. The number of aromatic nitrogens is 4. The van der Waals surface area contributed by atoms with Crippen molar-refractivity contribution in [3.05, 3.63) is 59.9 Å². The summed E-state index contributed by atoms with van der Waals surface area (Å²) in [5, 5.41) is 15.8. The molecule has 0 aliphatic heterocycles. The number of hydrogen-bond acceptors (Lipinski definition) is 5. The van der Waals surface area contributed by atoms with Gasteiger partial charge >= 0.3 is 0 Å². The lowest BCUT2D eigenvalue weighted by Crippen LogP contribution is -2.38. The van der Waals surface area contributed by atoms with E-state index >= 15 is 0 Å². The topological polar surface area (TPSA) is 81.9 Å². The number of benzene rings is 2. The molecule has 1 aliphatic carbocycles. The highest BCUT2D eigenvalue weighted by atomic mass is 19.1. The summed E-state index contributed by atoms with van der Waals surface area (Å²) < 4.78 is 19.1. The number of ether oxygens (including phenoxy) is 1. The minimum atomic E-state index is -0.558. The highest BCUT2D eigenvalue weighted by molar-refractivity contribution is 5.95. The van der Waals surface area contributed by atoms with Gasteiger partial charge in [-0.1, -0.05) is 30.3 Å². The van der Waals surface area contributed by atoms with Crippen LogP contribution >= 0.6 is 0 Å². The van der Waals surface area contributed by atoms with Crippen LogP contribution in [0.5, 0.6) is 5.75 Å². The smallest absolute Gasteiger partial charge is 0.254 e. The fourth-order valence-electron chi connectivity index (χ4n) is 3.60. The fourth-order valence-corrected chi connectivity index (χ4v) is 3.60. The molecule has 1 amide bonds. The lowest BCUT2D eigenvalue weighted by Gasteiger charge is -2.28. The van der Waals surface area contributed by atoms with Gasteiger partial charge in [0.2, 0.25) is 5.82 Å². The number of amides is 1. The van der Waals surface area contributed by atoms with Crippen LogP contribution in [-0.4, -0.2) is 39.3 Å². The third kappa shape index (κ3) is 4.26. The number of methoxy groups -OCH3 is 1. The van der Waals surface area contributed by atoms with Gasteiger partial charge in [-0.25, -0.2) is 4.39 Å². The maximum absolute atomic E-state index is 14.0. The predicted molar refractivity (Wildman–Crippen MR) is 105 cm³/mol. The number of nitrogens with zero attached hydrogens (tertiary/aromatic N) is 4. The van der Waals surface area contributed by atoms with Crippen LogP contribution in [0.1, 0.15) is 42.1 Å². The number of rotatable bonds is 5. The third-order valence-electron chi connectivity index (χ3n) is 5.24. The predicted octanol–water partition coefficient (Wildman–Crippen LogP) is 3.40. The van der Waals surface area contributed by atoms with E-state index in [4.69, 9.17) is 4.74 Å². The summed E-state index contributed by atoms with van der Waals surface area (Å²) in [6.45, 7) is 0. The number of carbonyl (C=O) groups is 1. The second-order valence-electron chi connectivity index (χ2n) is 7.12. The molecule has 4 rings (SSSR count). The zero-order chi connectivity index (χ0) is 20.2. The molecule has 29 heavy (non-hydrogen) atoms. The number of tetrazole rings is 1. The summed E-state index contributed by atoms with van der Waals surface area (Å²) in [7, 11) is 1.48. The summed E-state index contributed by atoms with van der Waals surface area (Å²) in [4.78, 5) is 14.1. The zero-order valence-corrected chi connectivity index (χ0v) is 16.1. The molecule has 1 saturated carbocycles. The van der Waals surface area contributed by atoms with Crippen molar-refractivity contribution >= 4 is 5.91 Å². The molecule has 1 heterocycles. The van der Waals surface area contributed by atoms with Crippen LogP contribution in [0.2, 0.25) is 0 Å². The van der Waals surface area contributed by atoms with Crippen molar-refractivity contribution in [1.82, 2.24) is 25.5 Å². The number of nitrogens with one attached hydrogen (secondary N) is 1. The Bertz CT molecular complexity index is 984. The minimum absolute atomic E-state index is 0.00285. The van der Waals surface area contributed by atoms with Crippen LogP contribution < -0.4 is 10.1 Å². The molecule has 150 valence electrons. The number of carbonyl (C=O) groups excluding carboxylic acids is 1. The lowest BCUT2D eigenvalue weighted by atomic mass is 9.91. The van der Waals surface area contributed by atoms with Crippen LogP contribution in [0.25, 0.3) is 11.4 Å². The monoisotopic (exact) mass is 395 g/mol. The number of hydrogen-bond donors (Lipinski definition) is 1. The molecule has 0 saturated heterocycles. The van der Waals surface area contributed by atoms with Crippen LogP contribution in [0, 0.1) is 5.82 Å². The van der Waals surface area contributed by atoms with E-state index in [-0.39, 0.29) is 17.6 Å². The molecule has 1 aromatic heterocycles. The van der Waals surface area contributed by atoms with Crippen molar-refractivity contribution in [3.8, 4) is 17.1 Å². The van der Waals surface area contributed by atoms with Crippen LogP contribution in [0.15, 0.2) is 48.5 Å². The van der Waals surface area contributed by atoms with E-state index in [2.05, 4.69) is 20.7 Å². The van der Waals surface area contributed by atoms with E-state index < -0.39 is 11.7 Å². The van der Waals surface area contributed by atoms with Gasteiger partial charge in [0.1, 0.15) is 11.6 Å². The summed E-state index contributed by atoms with van der Waals surface area (Å²) in [5.41, 5.74) is 0.928. The van der Waals surface area contributed by atoms with Crippen molar-refractivity contribution < 1.29 is 13.9 Å². The van der Waals surface area contributed by atoms with Crippen LogP contribution in [0.4, 0.5) is 4.39 Å². The van der Waals surface area contributed by atoms with E-state index in [1.54, 1.807) is 4.80 Å². The average molecular weight is 395 g/mol. The van der Waals surface area contributed by atoms with Crippen molar-refractivity contribution in [1.29, 1.82) is 0 Å². The summed E-state index contributed by atoms with van der Waals surface area (Å²) in [5.74, 6) is 0.0774. The Balaban J connectivity index is 1.35. The van der Waals surface area contributed by atoms with Crippen molar-refractivity contribution in [2.24, 2.45) is 0 Å². The van der Waals surface area contributed by atoms with Crippen molar-refractivity contribution in [2.75, 3.05) is 7.11 Å². The Morgan fingerprint density at radius 2 is 1.90 bits per heavy atom. The second kappa shape index (κ2) is 8.38. The Morgan fingerprint density at radius 1 is 1.14 bits per heavy atom. The average Bonchev–Trinajstić information content (AvgIpc) is 3.25. The van der Waals surface area contributed by atoms with Gasteiger partial charge < -0.3 is 10.1 Å². The Labute approximate surface area is 167 Å². The van der Waals surface area contributed by atoms with E-state index in [1.165, 1.54) is 25.3 Å². The van der Waals surface area contributed by atoms with Gasteiger partial charge in [0, 0.05) is 11.6 Å². The van der Waals surface area contributed by atoms with Gasteiger partial charge in [-0.3, -0.25) is 4.79 Å². The molecule has 0 bridgehead atoms. The molecule has 3 aromatic rings. The van der Waals surface area contributed by atoms with Crippen LogP contribution in [0.3, 0.4) is 0 Å². The first-order valence-corrected chi connectivity index (χ1v) is 9.63. The van der Waals surface area contributed by atoms with Gasteiger partial charge in [0.15, 0.2) is 0 Å². The molecule has 0 unspecified atom stereocenters. The minimum Gasteiger partial charge on any atom is -0.497 e. The standard InChI is InChI=1S/C21H22FN5O2/c1-29-17-11-12-19(22)18(13-17)21(28)23-15-7-9-16(10-8-15)27-25-20(24-26-27)14-5-3-2-4-6-14/h2-6,11-13,15-16H,7-10H2,1H3,(H,23,28). The summed E-state index contributed by atoms with van der Waals surface area (Å²) >= 11 is 0. The molecular weight excluding hydrogens is 373 g/mol. The van der Waals surface area contributed by atoms with E-state index in [0.29, 0.717) is 11.6 Å². The Kier molecular flexibility index (Phi) is 5.50. The molecule has 2 aromatic carbocycles. The molecular formula is C21H22FN5O2. The second-order valence-corrected chi connectivity index (χ2v) is 7.12. The zero-order valence-electron chi connectivity index (χ0n) is 16.1. The fraction of sp³-hybridized carbons (Fsp3) is 0.333. The van der Waals surface area contributed by atoms with E-state index in [0.717, 1.165) is 31.2 Å². The maximum atomic E-state index is 14.0. The highest BCUT2D eigenvalue weighted by Crippen LogP contribution is 2.28. The Hall–Kier alpha value is -3.29. The summed E-state index contributed by atoms with van der Waals surface area (Å²) in [6.07, 6.45) is 3.17. The van der Waals surface area contributed by atoms with E-state index in [1.807, 2.05) is 30.3 Å². The van der Waals surface area contributed by atoms with Gasteiger partial charge in [-0.2, -0.15) is 4.80 Å². The molecule has 8 heteroatoms. The molecule has 0 radical (unpaired) electrons. The molecule has 1 N–H and O–H groups in total. The van der Waals surface area contributed by atoms with Crippen molar-refractivity contribution in [3.63, 3.8) is 0 Å². The maximum Gasteiger partial charge on any atom is 0.254 e. The molecule has 1 fully saturated rings. The van der Waals surface area contributed by atoms with Gasteiger partial charge in [-0.15, -0.1) is 10.2 Å². The van der Waals surface area contributed by atoms with Gasteiger partial charge in [-0.05, 0) is 49.1 Å². The van der Waals surface area contributed by atoms with Crippen LogP contribution in [-0.2, 0) is 0 Å². The van der Waals surface area contributed by atoms with E-state index in [9.17, 15) is 9.18 Å². The third-order valence-corrected chi connectivity index (χ3v) is 5.24. The largest absolute Gasteiger partial charge is 0.497 e. The van der Waals surface area contributed by atoms with Gasteiger partial charge in [0.25, 0.3) is 5.91 Å². The lowest BCUT2D eigenvalue weighted by molar-refractivity contribution is 0.0916. The molecule has 7 nitrogen and oxygen atoms in total. The first kappa shape index (κ1) is 19.0. The first-order valence-electron chi connectivity index (χ1n) is 9.63. The molecule has 1 aliphatic rings. The van der Waals surface area contributed by atoms with Gasteiger partial charge in [0.05, 0.1) is 18.7 Å². The quantitative estimate of drug-likeness (QED) is 0.716. The number of halogens is 1.